The number of nitrogens with one attached hydrogen (secondary N) is 4. The Hall–Kier alpha value is -6.50. The molecule has 0 aliphatic carbocycles. The molecule has 65 heavy (non-hydrogen) atoms. The number of aromatic amines is 2. The zero-order valence-corrected chi connectivity index (χ0v) is 38.2. The third-order valence-corrected chi connectivity index (χ3v) is 11.6. The average Bonchev–Trinajstić information content (AvgIpc) is 3.93. The van der Waals surface area contributed by atoms with Crippen LogP contribution in [-0.2, 0) is 4.79 Å². The van der Waals surface area contributed by atoms with E-state index in [-0.39, 0.29) is 28.5 Å². The van der Waals surface area contributed by atoms with Crippen LogP contribution in [0.3, 0.4) is 0 Å². The number of para-hydroxylation sites is 3. The molecule has 1 saturated heterocycles. The lowest BCUT2D eigenvalue weighted by Crippen LogP contribution is -2.48. The van der Waals surface area contributed by atoms with Gasteiger partial charge in [-0.05, 0) is 56.1 Å². The molecule has 5 heterocycles. The number of nitrogens with zero attached hydrogens (tertiary/aromatic N) is 6. The monoisotopic (exact) mass is 900 g/mol. The highest BCUT2D eigenvalue weighted by atomic mass is 32.1. The number of hydrogen-bond acceptors (Lipinski definition) is 13. The number of aromatic nitrogens is 5. The molecular formula is C48H56N10O6S. The minimum absolute atomic E-state index is 0.00116. The van der Waals surface area contributed by atoms with Gasteiger partial charge in [-0.15, -0.1) is 21.5 Å². The highest BCUT2D eigenvalue weighted by Crippen LogP contribution is 2.42. The van der Waals surface area contributed by atoms with Crippen LogP contribution in [0, 0.1) is 6.92 Å². The van der Waals surface area contributed by atoms with Crippen LogP contribution >= 0.6 is 11.3 Å². The summed E-state index contributed by atoms with van der Waals surface area (Å²) in [6.45, 7) is 13.6. The molecule has 2 aliphatic heterocycles. The number of anilines is 3. The molecular weight excluding hydrogens is 845 g/mol. The van der Waals surface area contributed by atoms with Gasteiger partial charge in [-0.2, -0.15) is 5.21 Å². The standard InChI is InChI=1S/C19H22N4O2S.C16H21NO2.C13H13N5O2/c1-13-18-14(12-26-13)19(25)20-15-5-3-4-6-16(15)23(18)17(24)11-22-9-7-21(2)8-10-22;1-12(2)17-10-14(18)11-19-16-9-5-7-13-6-3-4-8-15(13)16;1-2-7-20-9-6-4-3-5-8(9)11-14-12-10(13(19)15-11)16-18-17-12/h3-6,12H,7-11H2,1-2H3,(H,20,25);3-9,12,14,17-18H,10-11H2,1-2H3;3-6H,2,7H2,1H3,(H2,14,15,16,17,18,19). The minimum atomic E-state index is -0.499. The van der Waals surface area contributed by atoms with Crippen LogP contribution in [0.15, 0.2) is 101 Å². The molecule has 2 amide bonds. The normalized spacial score (nSPS) is 14.3. The van der Waals surface area contributed by atoms with E-state index in [0.29, 0.717) is 55.2 Å². The number of fused-ring (bicyclic) bond motifs is 4. The fourth-order valence-corrected chi connectivity index (χ4v) is 8.15. The number of aliphatic hydroxyl groups is 1. The van der Waals surface area contributed by atoms with Gasteiger partial charge >= 0.3 is 0 Å². The van der Waals surface area contributed by atoms with Crippen molar-refractivity contribution in [1.29, 1.82) is 0 Å². The Bertz CT molecular complexity index is 2760. The molecule has 0 spiro atoms. The van der Waals surface area contributed by atoms with Crippen molar-refractivity contribution in [2.45, 2.75) is 46.3 Å². The van der Waals surface area contributed by atoms with Gasteiger partial charge < -0.3 is 35.1 Å². The fraction of sp³-hybridized carbons (Fsp3) is 0.333. The molecule has 3 aromatic heterocycles. The second-order valence-electron chi connectivity index (χ2n) is 16.1. The maximum absolute atomic E-state index is 13.3. The van der Waals surface area contributed by atoms with E-state index >= 15 is 0 Å². The molecule has 4 aromatic carbocycles. The van der Waals surface area contributed by atoms with Crippen molar-refractivity contribution >= 4 is 62.1 Å². The second-order valence-corrected chi connectivity index (χ2v) is 17.2. The number of thiophene rings is 1. The predicted octanol–water partition coefficient (Wildman–Crippen LogP) is 6.61. The van der Waals surface area contributed by atoms with Crippen molar-refractivity contribution in [2.24, 2.45) is 0 Å². The van der Waals surface area contributed by atoms with Crippen molar-refractivity contribution in [1.82, 2.24) is 40.5 Å². The molecule has 340 valence electrons. The third-order valence-electron chi connectivity index (χ3n) is 10.7. The van der Waals surface area contributed by atoms with E-state index in [1.54, 1.807) is 4.90 Å². The van der Waals surface area contributed by atoms with E-state index in [1.807, 2.05) is 98.1 Å². The second kappa shape index (κ2) is 21.9. The van der Waals surface area contributed by atoms with Gasteiger partial charge in [0.25, 0.3) is 11.5 Å². The van der Waals surface area contributed by atoms with Gasteiger partial charge in [0, 0.05) is 54.4 Å². The molecule has 5 N–H and O–H groups in total. The summed E-state index contributed by atoms with van der Waals surface area (Å²) < 4.78 is 11.4. The zero-order chi connectivity index (χ0) is 45.9. The van der Waals surface area contributed by atoms with Crippen molar-refractivity contribution < 1.29 is 24.2 Å². The molecule has 1 unspecified atom stereocenters. The van der Waals surface area contributed by atoms with E-state index in [0.717, 1.165) is 70.9 Å². The maximum atomic E-state index is 13.3. The number of likely N-dealkylation sites (N-methyl/N-ethyl adjacent to an activating group) is 1. The van der Waals surface area contributed by atoms with Gasteiger partial charge in [0.05, 0.1) is 41.3 Å². The molecule has 9 rings (SSSR count). The number of carbonyl (C=O) groups is 2. The molecule has 0 radical (unpaired) electrons. The number of piperazine rings is 1. The molecule has 0 bridgehead atoms. The summed E-state index contributed by atoms with van der Waals surface area (Å²) in [6.07, 6.45) is 0.405. The smallest absolute Gasteiger partial charge is 0.281 e. The van der Waals surface area contributed by atoms with Crippen LogP contribution in [0.25, 0.3) is 33.3 Å². The Morgan fingerprint density at radius 2 is 1.62 bits per heavy atom. The molecule has 1 fully saturated rings. The molecule has 17 heteroatoms. The Morgan fingerprint density at radius 3 is 2.42 bits per heavy atom. The topological polar surface area (TPSA) is 194 Å². The number of carbonyl (C=O) groups excluding carboxylic acids is 2. The minimum Gasteiger partial charge on any atom is -0.493 e. The van der Waals surface area contributed by atoms with E-state index < -0.39 is 6.10 Å². The number of amides is 2. The van der Waals surface area contributed by atoms with E-state index in [9.17, 15) is 19.5 Å². The molecule has 1 atom stereocenters. The van der Waals surface area contributed by atoms with Gasteiger partial charge in [0.2, 0.25) is 11.6 Å². The number of hydrogen-bond donors (Lipinski definition) is 5. The quantitative estimate of drug-likeness (QED) is 0.0883. The Morgan fingerprint density at radius 1 is 0.892 bits per heavy atom. The number of aliphatic hydroxyl groups excluding tert-OH is 1. The van der Waals surface area contributed by atoms with Gasteiger partial charge in [-0.25, -0.2) is 4.98 Å². The molecule has 16 nitrogen and oxygen atoms in total. The van der Waals surface area contributed by atoms with Crippen molar-refractivity contribution in [3.05, 3.63) is 117 Å². The fourth-order valence-electron chi connectivity index (χ4n) is 7.32. The van der Waals surface area contributed by atoms with Crippen LogP contribution in [0.4, 0.5) is 17.1 Å². The van der Waals surface area contributed by atoms with Gasteiger partial charge in [0.1, 0.15) is 30.0 Å². The van der Waals surface area contributed by atoms with E-state index in [2.05, 4.69) is 78.8 Å². The molecule has 0 saturated carbocycles. The first-order valence-corrected chi connectivity index (χ1v) is 22.7. The summed E-state index contributed by atoms with van der Waals surface area (Å²) in [5.41, 5.74) is 3.57. The van der Waals surface area contributed by atoms with Gasteiger partial charge in [0.15, 0.2) is 5.52 Å². The summed E-state index contributed by atoms with van der Waals surface area (Å²) in [7, 11) is 2.10. The Balaban J connectivity index is 0.000000148. The highest BCUT2D eigenvalue weighted by Gasteiger charge is 2.33. The number of benzene rings is 4. The van der Waals surface area contributed by atoms with Crippen molar-refractivity contribution in [3.8, 4) is 22.9 Å². The van der Waals surface area contributed by atoms with Crippen LogP contribution < -0.4 is 30.6 Å². The van der Waals surface area contributed by atoms with Crippen LogP contribution in [0.5, 0.6) is 11.5 Å². The average molecular weight is 901 g/mol. The lowest BCUT2D eigenvalue weighted by molar-refractivity contribution is -0.119. The zero-order valence-electron chi connectivity index (χ0n) is 37.3. The number of aryl methyl sites for hydroxylation is 1. The summed E-state index contributed by atoms with van der Waals surface area (Å²) in [5.74, 6) is 1.76. The summed E-state index contributed by atoms with van der Waals surface area (Å²) in [6, 6.07) is 29.3. The Kier molecular flexibility index (Phi) is 15.7. The van der Waals surface area contributed by atoms with Crippen molar-refractivity contribution in [2.75, 3.05) is 69.7 Å². The molecule has 2 aliphatic rings. The lowest BCUT2D eigenvalue weighted by Gasteiger charge is -2.33. The largest absolute Gasteiger partial charge is 0.493 e. The third kappa shape index (κ3) is 11.6. The number of rotatable bonds is 12. The van der Waals surface area contributed by atoms with Gasteiger partial charge in [-0.1, -0.05) is 81.4 Å². The van der Waals surface area contributed by atoms with E-state index in [4.69, 9.17) is 9.47 Å². The number of ether oxygens (including phenoxy) is 2. The summed E-state index contributed by atoms with van der Waals surface area (Å²) in [4.78, 5) is 52.0. The SMILES string of the molecule is CC(C)NCC(O)COc1cccc2ccccc12.CCCOc1ccccc1-c1nc2n[nH]nc2c(=O)[nH]1.Cc1scc2c1N(C(=O)CN1CCN(C)CC1)c1ccccc1NC2=O. The lowest BCUT2D eigenvalue weighted by atomic mass is 10.1. The van der Waals surface area contributed by atoms with Crippen LogP contribution in [0.2, 0.25) is 0 Å². The Labute approximate surface area is 381 Å². The van der Waals surface area contributed by atoms with E-state index in [1.165, 1.54) is 11.3 Å². The summed E-state index contributed by atoms with van der Waals surface area (Å²) >= 11 is 1.50. The van der Waals surface area contributed by atoms with Crippen LogP contribution in [0.1, 0.15) is 42.4 Å². The first kappa shape index (κ1) is 46.5. The molecule has 7 aromatic rings. The van der Waals surface area contributed by atoms with Crippen LogP contribution in [-0.4, -0.2) is 124 Å². The number of H-pyrrole nitrogens is 2. The van der Waals surface area contributed by atoms with Gasteiger partial charge in [-0.3, -0.25) is 24.2 Å². The summed E-state index contributed by atoms with van der Waals surface area (Å²) in [5, 5.41) is 30.0. The predicted molar refractivity (Wildman–Crippen MR) is 257 cm³/mol. The first-order valence-electron chi connectivity index (χ1n) is 21.8. The first-order chi connectivity index (χ1) is 31.5. The highest BCUT2D eigenvalue weighted by molar-refractivity contribution is 7.11. The van der Waals surface area contributed by atoms with Crippen molar-refractivity contribution in [3.63, 3.8) is 0 Å². The maximum Gasteiger partial charge on any atom is 0.281 e.